The van der Waals surface area contributed by atoms with Crippen molar-refractivity contribution in [3.8, 4) is 5.75 Å². The molecule has 0 radical (unpaired) electrons. The molecule has 0 bridgehead atoms. The van der Waals surface area contributed by atoms with E-state index in [1.165, 1.54) is 6.07 Å². The molecule has 0 aromatic heterocycles. The van der Waals surface area contributed by atoms with E-state index in [1.54, 1.807) is 6.07 Å². The van der Waals surface area contributed by atoms with Gasteiger partial charge in [-0.1, -0.05) is 0 Å². The minimum Gasteiger partial charge on any atom is -0.505 e. The minimum atomic E-state index is -0.522. The van der Waals surface area contributed by atoms with Gasteiger partial charge in [-0.2, -0.15) is 0 Å². The summed E-state index contributed by atoms with van der Waals surface area (Å²) in [7, 11) is 1.97. The van der Waals surface area contributed by atoms with Crippen LogP contribution in [0.3, 0.4) is 0 Å². The predicted octanol–water partition coefficient (Wildman–Crippen LogP) is 2.30. The molecule has 2 rings (SSSR count). The van der Waals surface area contributed by atoms with Crippen LogP contribution in [0.1, 0.15) is 18.9 Å². The van der Waals surface area contributed by atoms with Crippen molar-refractivity contribution >= 4 is 5.69 Å². The summed E-state index contributed by atoms with van der Waals surface area (Å²) in [5, 5.41) is 9.55. The molecule has 1 aromatic rings. The van der Waals surface area contributed by atoms with Gasteiger partial charge in [-0.05, 0) is 31.9 Å². The fourth-order valence-electron chi connectivity index (χ4n) is 1.96. The van der Waals surface area contributed by atoms with Crippen LogP contribution in [0.25, 0.3) is 0 Å². The molecule has 0 spiro atoms. The highest BCUT2D eigenvalue weighted by Gasteiger charge is 2.23. The van der Waals surface area contributed by atoms with Crippen molar-refractivity contribution in [3.05, 3.63) is 23.5 Å². The maximum Gasteiger partial charge on any atom is 0.165 e. The van der Waals surface area contributed by atoms with Crippen molar-refractivity contribution in [1.82, 2.24) is 0 Å². The second kappa shape index (κ2) is 3.15. The summed E-state index contributed by atoms with van der Waals surface area (Å²) in [5.74, 6) is -0.701. The maximum atomic E-state index is 13.1. The van der Waals surface area contributed by atoms with Crippen molar-refractivity contribution in [2.24, 2.45) is 0 Å². The zero-order valence-electron chi connectivity index (χ0n) is 8.42. The quantitative estimate of drug-likeness (QED) is 0.686. The standard InChI is InChI=1S/C11H14FNO/c1-7-3-4-8-10(13(7)2)6-5-9(12)11(8)14/h5-7,14H,3-4H2,1-2H3. The lowest BCUT2D eigenvalue weighted by atomic mass is 9.96. The first kappa shape index (κ1) is 9.31. The summed E-state index contributed by atoms with van der Waals surface area (Å²) in [6, 6.07) is 3.51. The Balaban J connectivity index is 2.53. The van der Waals surface area contributed by atoms with Crippen LogP contribution in [0.15, 0.2) is 12.1 Å². The lowest BCUT2D eigenvalue weighted by Gasteiger charge is -2.34. The summed E-state index contributed by atoms with van der Waals surface area (Å²) in [5.41, 5.74) is 1.69. The first-order valence-electron chi connectivity index (χ1n) is 4.84. The summed E-state index contributed by atoms with van der Waals surface area (Å²) >= 11 is 0. The number of phenols is 1. The molecule has 1 aliphatic rings. The molecule has 1 heterocycles. The highest BCUT2D eigenvalue weighted by molar-refractivity contribution is 5.61. The highest BCUT2D eigenvalue weighted by atomic mass is 19.1. The smallest absolute Gasteiger partial charge is 0.165 e. The number of rotatable bonds is 0. The molecule has 0 fully saturated rings. The number of benzene rings is 1. The minimum absolute atomic E-state index is 0.179. The molecule has 1 N–H and O–H groups in total. The third-order valence-corrected chi connectivity index (χ3v) is 3.06. The van der Waals surface area contributed by atoms with E-state index in [0.717, 1.165) is 24.1 Å². The molecule has 2 nitrogen and oxygen atoms in total. The topological polar surface area (TPSA) is 23.5 Å². The Morgan fingerprint density at radius 2 is 2.21 bits per heavy atom. The van der Waals surface area contributed by atoms with Gasteiger partial charge < -0.3 is 10.0 Å². The second-order valence-electron chi connectivity index (χ2n) is 3.89. The third-order valence-electron chi connectivity index (χ3n) is 3.06. The number of phenolic OH excluding ortho intramolecular Hbond substituents is 1. The molecule has 3 heteroatoms. The molecule has 76 valence electrons. The molecule has 1 unspecified atom stereocenters. The second-order valence-corrected chi connectivity index (χ2v) is 3.89. The number of aromatic hydroxyl groups is 1. The lowest BCUT2D eigenvalue weighted by Crippen LogP contribution is -2.33. The summed E-state index contributed by atoms with van der Waals surface area (Å²) in [6.45, 7) is 2.13. The van der Waals surface area contributed by atoms with Gasteiger partial charge in [0.25, 0.3) is 0 Å². The van der Waals surface area contributed by atoms with E-state index < -0.39 is 5.82 Å². The van der Waals surface area contributed by atoms with Gasteiger partial charge >= 0.3 is 0 Å². The van der Waals surface area contributed by atoms with E-state index in [0.29, 0.717) is 6.04 Å². The molecule has 1 atom stereocenters. The summed E-state index contributed by atoms with van der Waals surface area (Å²) < 4.78 is 13.1. The number of nitrogens with zero attached hydrogens (tertiary/aromatic N) is 1. The van der Waals surface area contributed by atoms with E-state index >= 15 is 0 Å². The summed E-state index contributed by atoms with van der Waals surface area (Å²) in [6.07, 6.45) is 1.71. The Kier molecular flexibility index (Phi) is 2.10. The highest BCUT2D eigenvalue weighted by Crippen LogP contribution is 2.36. The van der Waals surface area contributed by atoms with Gasteiger partial charge in [-0.15, -0.1) is 0 Å². The van der Waals surface area contributed by atoms with E-state index in [1.807, 2.05) is 7.05 Å². The molecule has 0 amide bonds. The van der Waals surface area contributed by atoms with Gasteiger partial charge in [0.05, 0.1) is 0 Å². The zero-order valence-corrected chi connectivity index (χ0v) is 8.42. The van der Waals surface area contributed by atoms with Crippen molar-refractivity contribution < 1.29 is 9.50 Å². The van der Waals surface area contributed by atoms with Gasteiger partial charge in [-0.3, -0.25) is 0 Å². The van der Waals surface area contributed by atoms with Crippen LogP contribution in [-0.4, -0.2) is 18.2 Å². The van der Waals surface area contributed by atoms with Gasteiger partial charge in [0.15, 0.2) is 11.6 Å². The van der Waals surface area contributed by atoms with Crippen LogP contribution >= 0.6 is 0 Å². The van der Waals surface area contributed by atoms with Crippen LogP contribution in [0.4, 0.5) is 10.1 Å². The lowest BCUT2D eigenvalue weighted by molar-refractivity contribution is 0.420. The van der Waals surface area contributed by atoms with Crippen LogP contribution in [0.5, 0.6) is 5.75 Å². The SMILES string of the molecule is CC1CCc2c(ccc(F)c2O)N1C. The van der Waals surface area contributed by atoms with Gasteiger partial charge in [0.1, 0.15) is 0 Å². The number of hydrogen-bond donors (Lipinski definition) is 1. The number of anilines is 1. The van der Waals surface area contributed by atoms with Crippen LogP contribution in [-0.2, 0) is 6.42 Å². The Morgan fingerprint density at radius 3 is 2.93 bits per heavy atom. The van der Waals surface area contributed by atoms with E-state index in [9.17, 15) is 9.50 Å². The van der Waals surface area contributed by atoms with Gasteiger partial charge in [-0.25, -0.2) is 4.39 Å². The van der Waals surface area contributed by atoms with E-state index in [4.69, 9.17) is 0 Å². The van der Waals surface area contributed by atoms with Crippen molar-refractivity contribution in [3.63, 3.8) is 0 Å². The Morgan fingerprint density at radius 1 is 1.50 bits per heavy atom. The van der Waals surface area contributed by atoms with E-state index in [-0.39, 0.29) is 5.75 Å². The Bertz CT molecular complexity index is 365. The molecule has 0 saturated heterocycles. The molecule has 1 aromatic carbocycles. The van der Waals surface area contributed by atoms with Crippen LogP contribution in [0.2, 0.25) is 0 Å². The van der Waals surface area contributed by atoms with Crippen molar-refractivity contribution in [2.45, 2.75) is 25.8 Å². The zero-order chi connectivity index (χ0) is 10.3. The summed E-state index contributed by atoms with van der Waals surface area (Å²) in [4.78, 5) is 2.08. The van der Waals surface area contributed by atoms with E-state index in [2.05, 4.69) is 11.8 Å². The fraction of sp³-hybridized carbons (Fsp3) is 0.455. The van der Waals surface area contributed by atoms with Crippen molar-refractivity contribution in [1.29, 1.82) is 0 Å². The molecule has 0 saturated carbocycles. The monoisotopic (exact) mass is 195 g/mol. The predicted molar refractivity (Wildman–Crippen MR) is 54.3 cm³/mol. The number of hydrogen-bond acceptors (Lipinski definition) is 2. The average molecular weight is 195 g/mol. The number of halogens is 1. The number of fused-ring (bicyclic) bond motifs is 1. The third kappa shape index (κ3) is 1.24. The first-order valence-corrected chi connectivity index (χ1v) is 4.84. The average Bonchev–Trinajstić information content (AvgIpc) is 2.17. The fourth-order valence-corrected chi connectivity index (χ4v) is 1.96. The molecular formula is C11H14FNO. The molecule has 1 aliphatic heterocycles. The molecule has 14 heavy (non-hydrogen) atoms. The van der Waals surface area contributed by atoms with Crippen LogP contribution < -0.4 is 4.90 Å². The first-order chi connectivity index (χ1) is 6.61. The van der Waals surface area contributed by atoms with Crippen LogP contribution in [0, 0.1) is 5.82 Å². The Hall–Kier alpha value is -1.25. The van der Waals surface area contributed by atoms with Gasteiger partial charge in [0.2, 0.25) is 0 Å². The maximum absolute atomic E-state index is 13.1. The normalized spacial score (nSPS) is 20.8. The molecular weight excluding hydrogens is 181 g/mol. The molecule has 0 aliphatic carbocycles. The van der Waals surface area contributed by atoms with Crippen molar-refractivity contribution in [2.75, 3.05) is 11.9 Å². The van der Waals surface area contributed by atoms with Gasteiger partial charge in [0, 0.05) is 24.3 Å². The Labute approximate surface area is 83.0 Å². The largest absolute Gasteiger partial charge is 0.505 e.